The van der Waals surface area contributed by atoms with Crippen LogP contribution in [-0.4, -0.2) is 0 Å². The lowest BCUT2D eigenvalue weighted by atomic mass is 9.68. The van der Waals surface area contributed by atoms with Gasteiger partial charge in [0, 0.05) is 27.6 Å². The monoisotopic (exact) mass is 821 g/mol. The van der Waals surface area contributed by atoms with E-state index in [2.05, 4.69) is 231 Å². The van der Waals surface area contributed by atoms with Crippen molar-refractivity contribution in [2.45, 2.75) is 56.8 Å². The summed E-state index contributed by atoms with van der Waals surface area (Å²) in [4.78, 5) is 2.60. The standard InChI is InChI=1S/C63H51N/c1-62(2)56-34-15-11-29-50(56)54-32-21-33-55(61(54)62)53-31-14-18-37-60(53)64(44-38-39-51-49-28-12-16-35-57(49)63(58(51)42-44)40-19-4-20-41-63)59-36-17-13-30-52(59)48-27-10-9-26-47(48)46-25-8-7-24-45(46)43-22-5-3-6-23-43/h3,5-18,21-39,42H,4,19-20,40-41H2,1-2H3. The van der Waals surface area contributed by atoms with Crippen LogP contribution in [0.5, 0.6) is 0 Å². The number of fused-ring (bicyclic) bond motifs is 8. The lowest BCUT2D eigenvalue weighted by Crippen LogP contribution is -2.28. The molecule has 0 N–H and O–H groups in total. The molecule has 1 nitrogen and oxygen atoms in total. The first kappa shape index (κ1) is 38.5. The molecule has 0 bridgehead atoms. The molecular weight excluding hydrogens is 771 g/mol. The summed E-state index contributed by atoms with van der Waals surface area (Å²) in [6.07, 6.45) is 6.19. The van der Waals surface area contributed by atoms with E-state index in [9.17, 15) is 0 Å². The molecule has 3 aliphatic carbocycles. The molecule has 0 heterocycles. The summed E-state index contributed by atoms with van der Waals surface area (Å²) < 4.78 is 0. The van der Waals surface area contributed by atoms with Gasteiger partial charge in [-0.05, 0) is 115 Å². The predicted octanol–water partition coefficient (Wildman–Crippen LogP) is 17.4. The van der Waals surface area contributed by atoms with E-state index < -0.39 is 0 Å². The molecule has 0 radical (unpaired) electrons. The number of anilines is 3. The van der Waals surface area contributed by atoms with Crippen molar-refractivity contribution in [3.63, 3.8) is 0 Å². The van der Waals surface area contributed by atoms with Crippen molar-refractivity contribution in [3.8, 4) is 66.8 Å². The largest absolute Gasteiger partial charge is 0.309 e. The molecule has 0 amide bonds. The Labute approximate surface area is 378 Å². The molecule has 0 atom stereocenters. The summed E-state index contributed by atoms with van der Waals surface area (Å²) in [5.41, 5.74) is 24.4. The molecule has 3 aliphatic rings. The third kappa shape index (κ3) is 5.91. The Bertz CT molecular complexity index is 3240. The molecule has 64 heavy (non-hydrogen) atoms. The molecule has 1 spiro atoms. The molecular formula is C63H51N. The van der Waals surface area contributed by atoms with E-state index in [4.69, 9.17) is 0 Å². The topological polar surface area (TPSA) is 3.24 Å². The van der Waals surface area contributed by atoms with E-state index in [-0.39, 0.29) is 10.8 Å². The van der Waals surface area contributed by atoms with Crippen LogP contribution in [0.25, 0.3) is 66.8 Å². The Morgan fingerprint density at radius 3 is 1.42 bits per heavy atom. The van der Waals surface area contributed by atoms with E-state index in [1.807, 2.05) is 0 Å². The maximum absolute atomic E-state index is 2.60. The lowest BCUT2D eigenvalue weighted by molar-refractivity contribution is 0.353. The van der Waals surface area contributed by atoms with Crippen molar-refractivity contribution >= 4 is 17.1 Å². The van der Waals surface area contributed by atoms with E-state index in [1.54, 1.807) is 0 Å². The third-order valence-electron chi connectivity index (χ3n) is 14.9. The number of nitrogens with zero attached hydrogens (tertiary/aromatic N) is 1. The second-order valence-electron chi connectivity index (χ2n) is 18.6. The van der Waals surface area contributed by atoms with Gasteiger partial charge in [0.2, 0.25) is 0 Å². The molecule has 0 aliphatic heterocycles. The minimum absolute atomic E-state index is 0.0225. The summed E-state index contributed by atoms with van der Waals surface area (Å²) in [6, 6.07) is 79.6. The summed E-state index contributed by atoms with van der Waals surface area (Å²) in [5, 5.41) is 0. The van der Waals surface area contributed by atoms with Gasteiger partial charge < -0.3 is 4.90 Å². The molecule has 9 aromatic carbocycles. The Balaban J connectivity index is 1.11. The predicted molar refractivity (Wildman–Crippen MR) is 270 cm³/mol. The van der Waals surface area contributed by atoms with Crippen LogP contribution < -0.4 is 4.90 Å². The Hall–Kier alpha value is -7.22. The maximum Gasteiger partial charge on any atom is 0.0540 e. The van der Waals surface area contributed by atoms with Crippen molar-refractivity contribution in [3.05, 3.63) is 235 Å². The molecule has 0 unspecified atom stereocenters. The lowest BCUT2D eigenvalue weighted by Gasteiger charge is -2.37. The zero-order chi connectivity index (χ0) is 42.8. The van der Waals surface area contributed by atoms with Crippen LogP contribution in [0.4, 0.5) is 17.1 Å². The maximum atomic E-state index is 2.60. The number of benzene rings is 9. The van der Waals surface area contributed by atoms with E-state index in [0.717, 1.165) is 5.69 Å². The van der Waals surface area contributed by atoms with Crippen LogP contribution in [0.15, 0.2) is 212 Å². The highest BCUT2D eigenvalue weighted by molar-refractivity contribution is 6.01. The van der Waals surface area contributed by atoms with Crippen LogP contribution in [0.2, 0.25) is 0 Å². The molecule has 308 valence electrons. The van der Waals surface area contributed by atoms with Gasteiger partial charge in [0.05, 0.1) is 11.4 Å². The second-order valence-corrected chi connectivity index (χ2v) is 18.6. The first-order valence-electron chi connectivity index (χ1n) is 23.2. The van der Waals surface area contributed by atoms with Crippen molar-refractivity contribution < 1.29 is 0 Å². The fraction of sp³-hybridized carbons (Fsp3) is 0.143. The smallest absolute Gasteiger partial charge is 0.0540 e. The average Bonchev–Trinajstić information content (AvgIpc) is 3.76. The zero-order valence-electron chi connectivity index (χ0n) is 36.7. The van der Waals surface area contributed by atoms with Gasteiger partial charge in [0.15, 0.2) is 0 Å². The van der Waals surface area contributed by atoms with Gasteiger partial charge in [-0.3, -0.25) is 0 Å². The van der Waals surface area contributed by atoms with Crippen LogP contribution in [0.1, 0.15) is 68.2 Å². The molecule has 12 rings (SSSR count). The molecule has 0 saturated heterocycles. The Kier molecular flexibility index (Phi) is 9.16. The number of hydrogen-bond donors (Lipinski definition) is 0. The third-order valence-corrected chi connectivity index (χ3v) is 14.9. The van der Waals surface area contributed by atoms with E-state index >= 15 is 0 Å². The molecule has 1 fully saturated rings. The Morgan fingerprint density at radius 1 is 0.328 bits per heavy atom. The quantitative estimate of drug-likeness (QED) is 0.155. The van der Waals surface area contributed by atoms with E-state index in [0.29, 0.717) is 0 Å². The van der Waals surface area contributed by atoms with Crippen LogP contribution >= 0.6 is 0 Å². The van der Waals surface area contributed by atoms with Crippen molar-refractivity contribution in [1.29, 1.82) is 0 Å². The normalized spacial score (nSPS) is 15.0. The summed E-state index contributed by atoms with van der Waals surface area (Å²) in [5.74, 6) is 0. The van der Waals surface area contributed by atoms with Crippen molar-refractivity contribution in [1.82, 2.24) is 0 Å². The SMILES string of the molecule is CC1(C)c2ccccc2-c2cccc(-c3ccccc3N(c3ccc4c(c3)C3(CCCCC3)c3ccccc3-4)c3ccccc3-c3ccccc3-c3ccccc3-c3ccccc3)c21. The fourth-order valence-corrected chi connectivity index (χ4v) is 12.1. The number of hydrogen-bond acceptors (Lipinski definition) is 1. The van der Waals surface area contributed by atoms with Crippen molar-refractivity contribution in [2.75, 3.05) is 4.90 Å². The van der Waals surface area contributed by atoms with Crippen LogP contribution in [-0.2, 0) is 10.8 Å². The van der Waals surface area contributed by atoms with Gasteiger partial charge in [-0.1, -0.05) is 221 Å². The summed E-state index contributed by atoms with van der Waals surface area (Å²) >= 11 is 0. The van der Waals surface area contributed by atoms with Crippen LogP contribution in [0.3, 0.4) is 0 Å². The van der Waals surface area contributed by atoms with Crippen LogP contribution in [0, 0.1) is 0 Å². The highest BCUT2D eigenvalue weighted by Gasteiger charge is 2.44. The zero-order valence-corrected chi connectivity index (χ0v) is 36.7. The molecule has 9 aromatic rings. The minimum Gasteiger partial charge on any atom is -0.309 e. The van der Waals surface area contributed by atoms with Gasteiger partial charge in [0.25, 0.3) is 0 Å². The molecule has 1 saturated carbocycles. The second kappa shape index (κ2) is 15.2. The summed E-state index contributed by atoms with van der Waals surface area (Å²) in [6.45, 7) is 4.81. The van der Waals surface area contributed by atoms with Gasteiger partial charge in [-0.2, -0.15) is 0 Å². The summed E-state index contributed by atoms with van der Waals surface area (Å²) in [7, 11) is 0. The minimum atomic E-state index is -0.170. The molecule has 1 heteroatoms. The van der Waals surface area contributed by atoms with Gasteiger partial charge in [0.1, 0.15) is 0 Å². The average molecular weight is 822 g/mol. The van der Waals surface area contributed by atoms with Gasteiger partial charge >= 0.3 is 0 Å². The van der Waals surface area contributed by atoms with Gasteiger partial charge in [-0.25, -0.2) is 0 Å². The first-order chi connectivity index (χ1) is 31.5. The van der Waals surface area contributed by atoms with Gasteiger partial charge in [-0.15, -0.1) is 0 Å². The Morgan fingerprint density at radius 2 is 0.766 bits per heavy atom. The van der Waals surface area contributed by atoms with E-state index in [1.165, 1.54) is 132 Å². The first-order valence-corrected chi connectivity index (χ1v) is 23.2. The number of para-hydroxylation sites is 2. The van der Waals surface area contributed by atoms with Crippen molar-refractivity contribution in [2.24, 2.45) is 0 Å². The molecule has 0 aromatic heterocycles. The highest BCUT2D eigenvalue weighted by Crippen LogP contribution is 2.58. The highest BCUT2D eigenvalue weighted by atomic mass is 15.1. The number of rotatable bonds is 7. The fourth-order valence-electron chi connectivity index (χ4n) is 12.1.